The van der Waals surface area contributed by atoms with Gasteiger partial charge in [0.1, 0.15) is 6.73 Å². The van der Waals surface area contributed by atoms with Gasteiger partial charge in [-0.1, -0.05) is 0 Å². The van der Waals surface area contributed by atoms with E-state index in [9.17, 15) is 9.59 Å². The first kappa shape index (κ1) is 9.66. The molecule has 4 amide bonds. The van der Waals surface area contributed by atoms with Crippen molar-refractivity contribution in [3.05, 3.63) is 0 Å². The summed E-state index contributed by atoms with van der Waals surface area (Å²) in [6, 6.07) is -1.45. The third kappa shape index (κ3) is 5.12. The van der Waals surface area contributed by atoms with Crippen molar-refractivity contribution in [2.24, 2.45) is 5.84 Å². The highest BCUT2D eigenvalue weighted by Crippen LogP contribution is 1.65. The van der Waals surface area contributed by atoms with Gasteiger partial charge in [0, 0.05) is 7.11 Å². The van der Waals surface area contributed by atoms with Crippen molar-refractivity contribution in [3.63, 3.8) is 0 Å². The average molecular weight is 162 g/mol. The Kier molecular flexibility index (Phi) is 4.78. The van der Waals surface area contributed by atoms with Crippen molar-refractivity contribution < 1.29 is 14.3 Å². The van der Waals surface area contributed by atoms with E-state index in [4.69, 9.17) is 0 Å². The second-order valence-corrected chi connectivity index (χ2v) is 1.54. The van der Waals surface area contributed by atoms with Crippen molar-refractivity contribution >= 4 is 12.1 Å². The van der Waals surface area contributed by atoms with Crippen LogP contribution in [0, 0.1) is 0 Å². The largest absolute Gasteiger partial charge is 0.364 e. The predicted octanol–water partition coefficient (Wildman–Crippen LogP) is -1.53. The van der Waals surface area contributed by atoms with E-state index in [-0.39, 0.29) is 6.73 Å². The van der Waals surface area contributed by atoms with E-state index in [1.54, 1.807) is 5.43 Å². The highest BCUT2D eigenvalue weighted by Gasteiger charge is 2.02. The molecule has 0 fully saturated rings. The molecule has 0 radical (unpaired) electrons. The van der Waals surface area contributed by atoms with Crippen LogP contribution in [-0.2, 0) is 4.74 Å². The zero-order valence-corrected chi connectivity index (χ0v) is 6.01. The van der Waals surface area contributed by atoms with Crippen LogP contribution in [0.5, 0.6) is 0 Å². The Morgan fingerprint density at radius 2 is 2.09 bits per heavy atom. The molecule has 0 unspecified atom stereocenters. The molecule has 0 aliphatic heterocycles. The number of amides is 4. The number of nitrogens with two attached hydrogens (primary N) is 1. The van der Waals surface area contributed by atoms with Crippen molar-refractivity contribution in [3.8, 4) is 0 Å². The number of ether oxygens (including phenoxy) is 1. The molecule has 0 heterocycles. The minimum absolute atomic E-state index is 0.0314. The molecule has 5 N–H and O–H groups in total. The third-order valence-electron chi connectivity index (χ3n) is 0.735. The molecule has 0 aliphatic carbocycles. The zero-order chi connectivity index (χ0) is 8.69. The Bertz CT molecular complexity index is 148. The summed E-state index contributed by atoms with van der Waals surface area (Å²) in [5, 5.41) is 4.07. The smallest absolute Gasteiger partial charge is 0.336 e. The number of hydrazine groups is 1. The van der Waals surface area contributed by atoms with Crippen LogP contribution in [0.3, 0.4) is 0 Å². The first-order valence-electron chi connectivity index (χ1n) is 2.75. The monoisotopic (exact) mass is 162 g/mol. The number of imide groups is 1. The zero-order valence-electron chi connectivity index (χ0n) is 6.01. The standard InChI is InChI=1S/C4H10N4O3/c1-11-2-6-3(9)7-4(10)8-5/h2,5H2,1H3,(H3,6,7,8,9,10). The lowest BCUT2D eigenvalue weighted by Gasteiger charge is -2.03. The average Bonchev–Trinajstić information content (AvgIpc) is 2.00. The van der Waals surface area contributed by atoms with Crippen molar-refractivity contribution in [1.29, 1.82) is 0 Å². The van der Waals surface area contributed by atoms with Crippen LogP contribution >= 0.6 is 0 Å². The summed E-state index contributed by atoms with van der Waals surface area (Å²) < 4.78 is 4.49. The maximum absolute atomic E-state index is 10.6. The minimum atomic E-state index is -0.779. The van der Waals surface area contributed by atoms with Gasteiger partial charge < -0.3 is 10.1 Å². The van der Waals surface area contributed by atoms with Crippen LogP contribution < -0.4 is 21.9 Å². The maximum atomic E-state index is 10.6. The van der Waals surface area contributed by atoms with Crippen LogP contribution in [0.15, 0.2) is 0 Å². The summed E-state index contributed by atoms with van der Waals surface area (Å²) in [7, 11) is 1.41. The number of carbonyl (C=O) groups excluding carboxylic acids is 2. The van der Waals surface area contributed by atoms with Gasteiger partial charge in [0.25, 0.3) is 0 Å². The van der Waals surface area contributed by atoms with Gasteiger partial charge in [0.2, 0.25) is 0 Å². The molecule has 0 saturated heterocycles. The molecule has 0 aromatic heterocycles. The summed E-state index contributed by atoms with van der Waals surface area (Å²) in [4.78, 5) is 20.9. The highest BCUT2D eigenvalue weighted by atomic mass is 16.5. The van der Waals surface area contributed by atoms with Crippen molar-refractivity contribution in [2.45, 2.75) is 0 Å². The fraction of sp³-hybridized carbons (Fsp3) is 0.500. The predicted molar refractivity (Wildman–Crippen MR) is 36.3 cm³/mol. The van der Waals surface area contributed by atoms with E-state index in [0.29, 0.717) is 0 Å². The SMILES string of the molecule is COCNC(=O)NC(=O)NN. The second kappa shape index (κ2) is 5.45. The summed E-state index contributed by atoms with van der Waals surface area (Å²) in [6.45, 7) is 0.0314. The van der Waals surface area contributed by atoms with Gasteiger partial charge >= 0.3 is 12.1 Å². The van der Waals surface area contributed by atoms with E-state index in [1.165, 1.54) is 7.11 Å². The number of rotatable bonds is 2. The molecule has 0 atom stereocenters. The molecule has 0 aliphatic rings. The van der Waals surface area contributed by atoms with Gasteiger partial charge in [-0.2, -0.15) is 0 Å². The molecule has 0 aromatic carbocycles. The quantitative estimate of drug-likeness (QED) is 0.171. The number of carbonyl (C=O) groups is 2. The summed E-state index contributed by atoms with van der Waals surface area (Å²) in [6.07, 6.45) is 0. The molecular formula is C4H10N4O3. The number of methoxy groups -OCH3 is 1. The van der Waals surface area contributed by atoms with Gasteiger partial charge in [-0.05, 0) is 0 Å². The number of urea groups is 2. The van der Waals surface area contributed by atoms with Crippen molar-refractivity contribution in [2.75, 3.05) is 13.8 Å². The normalized spacial score (nSPS) is 8.55. The van der Waals surface area contributed by atoms with Crippen LogP contribution in [0.2, 0.25) is 0 Å². The molecule has 0 bridgehead atoms. The number of hydrogen-bond acceptors (Lipinski definition) is 4. The van der Waals surface area contributed by atoms with E-state index in [0.717, 1.165) is 0 Å². The Morgan fingerprint density at radius 3 is 2.55 bits per heavy atom. The summed E-state index contributed by atoms with van der Waals surface area (Å²) in [5.41, 5.74) is 1.72. The highest BCUT2D eigenvalue weighted by molar-refractivity contribution is 5.92. The fourth-order valence-corrected chi connectivity index (χ4v) is 0.321. The Morgan fingerprint density at radius 1 is 1.45 bits per heavy atom. The van der Waals surface area contributed by atoms with Crippen LogP contribution in [0.1, 0.15) is 0 Å². The molecule has 7 nitrogen and oxygen atoms in total. The Hall–Kier alpha value is -1.34. The maximum Gasteiger partial charge on any atom is 0.336 e. The molecular weight excluding hydrogens is 152 g/mol. The van der Waals surface area contributed by atoms with E-state index >= 15 is 0 Å². The summed E-state index contributed by atoms with van der Waals surface area (Å²) in [5.74, 6) is 4.68. The summed E-state index contributed by atoms with van der Waals surface area (Å²) >= 11 is 0. The first-order chi connectivity index (χ1) is 5.20. The molecule has 0 saturated carbocycles. The molecule has 0 spiro atoms. The van der Waals surface area contributed by atoms with Crippen LogP contribution in [0.25, 0.3) is 0 Å². The van der Waals surface area contributed by atoms with Gasteiger partial charge in [-0.25, -0.2) is 15.4 Å². The van der Waals surface area contributed by atoms with E-state index in [1.807, 2.05) is 5.32 Å². The lowest BCUT2D eigenvalue weighted by atomic mass is 10.9. The molecule has 0 rings (SSSR count). The molecule has 11 heavy (non-hydrogen) atoms. The number of nitrogens with one attached hydrogen (secondary N) is 3. The lowest BCUT2D eigenvalue weighted by molar-refractivity contribution is 0.172. The number of hydrogen-bond donors (Lipinski definition) is 4. The molecule has 7 heteroatoms. The van der Waals surface area contributed by atoms with E-state index < -0.39 is 12.1 Å². The second-order valence-electron chi connectivity index (χ2n) is 1.54. The van der Waals surface area contributed by atoms with Gasteiger partial charge in [-0.3, -0.25) is 10.7 Å². The van der Waals surface area contributed by atoms with E-state index in [2.05, 4.69) is 15.9 Å². The fourth-order valence-electron chi connectivity index (χ4n) is 0.321. The van der Waals surface area contributed by atoms with Gasteiger partial charge in [-0.15, -0.1) is 0 Å². The third-order valence-corrected chi connectivity index (χ3v) is 0.735. The molecule has 0 aromatic rings. The Labute approximate surface area is 63.2 Å². The van der Waals surface area contributed by atoms with Gasteiger partial charge in [0.05, 0.1) is 0 Å². The lowest BCUT2D eigenvalue weighted by Crippen LogP contribution is -2.47. The van der Waals surface area contributed by atoms with Crippen LogP contribution in [-0.4, -0.2) is 25.9 Å². The topological polar surface area (TPSA) is 105 Å². The Balaban J connectivity index is 3.44. The minimum Gasteiger partial charge on any atom is -0.364 e. The van der Waals surface area contributed by atoms with Crippen molar-refractivity contribution in [1.82, 2.24) is 16.1 Å². The molecule has 64 valence electrons. The van der Waals surface area contributed by atoms with Crippen LogP contribution in [0.4, 0.5) is 9.59 Å². The first-order valence-corrected chi connectivity index (χ1v) is 2.75. The van der Waals surface area contributed by atoms with Gasteiger partial charge in [0.15, 0.2) is 0 Å².